The highest BCUT2D eigenvalue weighted by Crippen LogP contribution is 2.26. The fourth-order valence-corrected chi connectivity index (χ4v) is 2.33. The predicted molar refractivity (Wildman–Crippen MR) is 98.5 cm³/mol. The van der Waals surface area contributed by atoms with E-state index in [1.165, 1.54) is 12.1 Å². The number of carbonyl (C=O) groups excluding carboxylic acids is 1. The number of benzene rings is 2. The number of non-ortho nitro benzene ring substituents is 1. The number of hydrogen-bond donors (Lipinski definition) is 0. The molecule has 26 heavy (non-hydrogen) atoms. The van der Waals surface area contributed by atoms with Crippen LogP contribution in [0.3, 0.4) is 0 Å². The van der Waals surface area contributed by atoms with Gasteiger partial charge in [0.15, 0.2) is 0 Å². The summed E-state index contributed by atoms with van der Waals surface area (Å²) >= 11 is 0. The number of rotatable bonds is 5. The Bertz CT molecular complexity index is 991. The molecule has 7 heteroatoms. The maximum atomic E-state index is 12.0. The van der Waals surface area contributed by atoms with E-state index in [1.807, 2.05) is 36.4 Å². The minimum absolute atomic E-state index is 0.0732. The Morgan fingerprint density at radius 1 is 1.23 bits per heavy atom. The summed E-state index contributed by atoms with van der Waals surface area (Å²) in [5.74, 6) is -0.750. The van der Waals surface area contributed by atoms with Gasteiger partial charge in [-0.05, 0) is 17.7 Å². The van der Waals surface area contributed by atoms with Gasteiger partial charge in [-0.1, -0.05) is 44.2 Å². The Hall–Kier alpha value is -3.48. The number of nitro benzene ring substituents is 1. The van der Waals surface area contributed by atoms with E-state index in [4.69, 9.17) is 4.74 Å². The minimum Gasteiger partial charge on any atom is -0.392 e. The Kier molecular flexibility index (Phi) is 4.79. The first-order chi connectivity index (χ1) is 12.5. The molecule has 132 valence electrons. The number of hydrogen-bond acceptors (Lipinski definition) is 5. The lowest BCUT2D eigenvalue weighted by Crippen LogP contribution is -2.16. The van der Waals surface area contributed by atoms with Crippen molar-refractivity contribution in [2.45, 2.75) is 13.8 Å². The van der Waals surface area contributed by atoms with Crippen molar-refractivity contribution in [3.63, 3.8) is 0 Å². The molecule has 1 aromatic heterocycles. The van der Waals surface area contributed by atoms with E-state index in [0.717, 1.165) is 5.56 Å². The molecular formula is C19H17N3O4. The number of aromatic nitrogens is 2. The summed E-state index contributed by atoms with van der Waals surface area (Å²) in [6, 6.07) is 14.0. The average molecular weight is 351 g/mol. The fraction of sp³-hybridized carbons (Fsp3) is 0.158. The molecule has 0 fully saturated rings. The third kappa shape index (κ3) is 3.61. The lowest BCUT2D eigenvalue weighted by molar-refractivity contribution is -0.384. The van der Waals surface area contributed by atoms with Crippen molar-refractivity contribution >= 4 is 35.0 Å². The number of esters is 1. The van der Waals surface area contributed by atoms with Gasteiger partial charge in [-0.2, -0.15) is 4.98 Å². The first kappa shape index (κ1) is 17.3. The highest BCUT2D eigenvalue weighted by atomic mass is 16.6. The summed E-state index contributed by atoms with van der Waals surface area (Å²) in [5.41, 5.74) is 1.87. The van der Waals surface area contributed by atoms with Gasteiger partial charge in [0.1, 0.15) is 0 Å². The standard InChI is InChI=1S/C19H17N3O4/c1-13(2)18(23)26-19-20-16-12-15(22(24)25)8-9-17(16)21(19)11-10-14-6-4-3-5-7-14/h3-13H,1-2H3. The lowest BCUT2D eigenvalue weighted by Gasteiger charge is -2.06. The third-order valence-corrected chi connectivity index (χ3v) is 3.73. The van der Waals surface area contributed by atoms with E-state index in [1.54, 1.807) is 30.7 Å². The minimum atomic E-state index is -0.488. The summed E-state index contributed by atoms with van der Waals surface area (Å²) in [6.45, 7) is 3.44. The largest absolute Gasteiger partial charge is 0.392 e. The van der Waals surface area contributed by atoms with E-state index in [0.29, 0.717) is 11.0 Å². The molecule has 1 heterocycles. The molecule has 3 aromatic rings. The molecule has 0 aliphatic carbocycles. The maximum Gasteiger partial charge on any atom is 0.316 e. The van der Waals surface area contributed by atoms with Gasteiger partial charge in [0.05, 0.1) is 21.9 Å². The van der Waals surface area contributed by atoms with Crippen molar-refractivity contribution in [1.29, 1.82) is 0 Å². The third-order valence-electron chi connectivity index (χ3n) is 3.73. The van der Waals surface area contributed by atoms with Gasteiger partial charge in [0, 0.05) is 18.3 Å². The molecule has 0 spiro atoms. The van der Waals surface area contributed by atoms with Crippen LogP contribution in [0, 0.1) is 16.0 Å². The number of imidazole rings is 1. The Labute approximate surface area is 149 Å². The van der Waals surface area contributed by atoms with Crippen LogP contribution in [0.25, 0.3) is 23.3 Å². The van der Waals surface area contributed by atoms with Crippen LogP contribution in [0.5, 0.6) is 6.01 Å². The Balaban J connectivity index is 2.08. The lowest BCUT2D eigenvalue weighted by atomic mass is 10.2. The summed E-state index contributed by atoms with van der Waals surface area (Å²) in [7, 11) is 0. The summed E-state index contributed by atoms with van der Waals surface area (Å²) in [4.78, 5) is 26.7. The van der Waals surface area contributed by atoms with Gasteiger partial charge in [-0.25, -0.2) is 0 Å². The van der Waals surface area contributed by atoms with Gasteiger partial charge in [0.2, 0.25) is 0 Å². The van der Waals surface area contributed by atoms with Crippen molar-refractivity contribution in [3.05, 3.63) is 64.2 Å². The molecule has 0 bridgehead atoms. The van der Waals surface area contributed by atoms with E-state index in [2.05, 4.69) is 4.98 Å². The van der Waals surface area contributed by atoms with Crippen LogP contribution in [0.4, 0.5) is 5.69 Å². The second-order valence-corrected chi connectivity index (χ2v) is 6.00. The van der Waals surface area contributed by atoms with Crippen LogP contribution in [0.2, 0.25) is 0 Å². The molecule has 0 amide bonds. The van der Waals surface area contributed by atoms with Crippen molar-refractivity contribution < 1.29 is 14.5 Å². The quantitative estimate of drug-likeness (QED) is 0.392. The van der Waals surface area contributed by atoms with Gasteiger partial charge in [-0.3, -0.25) is 19.5 Å². The van der Waals surface area contributed by atoms with E-state index < -0.39 is 10.9 Å². The number of fused-ring (bicyclic) bond motifs is 1. The smallest absolute Gasteiger partial charge is 0.316 e. The average Bonchev–Trinajstić information content (AvgIpc) is 2.96. The van der Waals surface area contributed by atoms with Crippen molar-refractivity contribution in [1.82, 2.24) is 9.55 Å². The molecule has 0 saturated heterocycles. The van der Waals surface area contributed by atoms with Gasteiger partial charge in [-0.15, -0.1) is 0 Å². The number of nitrogens with zero attached hydrogens (tertiary/aromatic N) is 3. The normalized spacial score (nSPS) is 11.3. The SMILES string of the molecule is CC(C)C(=O)Oc1nc2cc([N+](=O)[O-])ccc2n1C=Cc1ccccc1. The van der Waals surface area contributed by atoms with Crippen LogP contribution in [0.1, 0.15) is 19.4 Å². The van der Waals surface area contributed by atoms with Gasteiger partial charge in [0.25, 0.3) is 5.69 Å². The molecular weight excluding hydrogens is 334 g/mol. The molecule has 0 N–H and O–H groups in total. The topological polar surface area (TPSA) is 87.3 Å². The summed E-state index contributed by atoms with van der Waals surface area (Å²) in [6.07, 6.45) is 3.56. The number of ether oxygens (including phenoxy) is 1. The highest BCUT2D eigenvalue weighted by molar-refractivity contribution is 5.84. The molecule has 0 radical (unpaired) electrons. The number of nitro groups is 1. The molecule has 2 aromatic carbocycles. The van der Waals surface area contributed by atoms with Crippen LogP contribution in [-0.2, 0) is 4.79 Å². The first-order valence-electron chi connectivity index (χ1n) is 8.07. The van der Waals surface area contributed by atoms with Crippen LogP contribution in [-0.4, -0.2) is 20.4 Å². The number of carbonyl (C=O) groups is 1. The fourth-order valence-electron chi connectivity index (χ4n) is 2.33. The van der Waals surface area contributed by atoms with Crippen molar-refractivity contribution in [2.24, 2.45) is 5.92 Å². The van der Waals surface area contributed by atoms with Crippen LogP contribution < -0.4 is 4.74 Å². The second kappa shape index (κ2) is 7.18. The van der Waals surface area contributed by atoms with E-state index in [-0.39, 0.29) is 17.6 Å². The zero-order valence-corrected chi connectivity index (χ0v) is 14.3. The molecule has 0 unspecified atom stereocenters. The first-order valence-corrected chi connectivity index (χ1v) is 8.07. The Morgan fingerprint density at radius 3 is 2.62 bits per heavy atom. The highest BCUT2D eigenvalue weighted by Gasteiger charge is 2.18. The Morgan fingerprint density at radius 2 is 1.96 bits per heavy atom. The monoisotopic (exact) mass is 351 g/mol. The molecule has 0 aliphatic rings. The molecule has 7 nitrogen and oxygen atoms in total. The molecule has 0 aliphatic heterocycles. The summed E-state index contributed by atoms with van der Waals surface area (Å²) in [5, 5.41) is 11.0. The van der Waals surface area contributed by atoms with Crippen LogP contribution >= 0.6 is 0 Å². The van der Waals surface area contributed by atoms with Crippen molar-refractivity contribution in [2.75, 3.05) is 0 Å². The summed E-state index contributed by atoms with van der Waals surface area (Å²) < 4.78 is 6.98. The maximum absolute atomic E-state index is 12.0. The van der Waals surface area contributed by atoms with Gasteiger partial charge >= 0.3 is 12.0 Å². The molecule has 0 atom stereocenters. The zero-order valence-electron chi connectivity index (χ0n) is 14.3. The van der Waals surface area contributed by atoms with E-state index in [9.17, 15) is 14.9 Å². The predicted octanol–water partition coefficient (Wildman–Crippen LogP) is 4.13. The zero-order chi connectivity index (χ0) is 18.7. The van der Waals surface area contributed by atoms with Crippen LogP contribution in [0.15, 0.2) is 48.5 Å². The van der Waals surface area contributed by atoms with E-state index >= 15 is 0 Å². The molecule has 3 rings (SSSR count). The van der Waals surface area contributed by atoms with Crippen molar-refractivity contribution in [3.8, 4) is 6.01 Å². The second-order valence-electron chi connectivity index (χ2n) is 6.00. The van der Waals surface area contributed by atoms with Gasteiger partial charge < -0.3 is 4.74 Å². The molecule has 0 saturated carbocycles.